The summed E-state index contributed by atoms with van der Waals surface area (Å²) in [6.45, 7) is 1.31. The Morgan fingerprint density at radius 3 is 2.63 bits per heavy atom. The summed E-state index contributed by atoms with van der Waals surface area (Å²) in [5, 5.41) is 25.1. The van der Waals surface area contributed by atoms with E-state index >= 15 is 0 Å². The highest BCUT2D eigenvalue weighted by molar-refractivity contribution is 5.88. The number of hydrogen-bond donors (Lipinski definition) is 2. The summed E-state index contributed by atoms with van der Waals surface area (Å²) in [6, 6.07) is 12.2. The predicted molar refractivity (Wildman–Crippen MR) is 145 cm³/mol. The number of anilines is 3. The van der Waals surface area contributed by atoms with Crippen molar-refractivity contribution in [2.24, 2.45) is 0 Å². The molecule has 0 bridgehead atoms. The number of likely N-dealkylation sites (N-methyl/N-ethyl adjacent to an activating group) is 2. The Kier molecular flexibility index (Phi) is 7.72. The number of ether oxygens (including phenoxy) is 1. The first-order valence-corrected chi connectivity index (χ1v) is 11.8. The second-order valence-corrected chi connectivity index (χ2v) is 9.00. The maximum absolute atomic E-state index is 11.9. The number of aliphatic carboxylic acids is 1. The topological polar surface area (TPSA) is 139 Å². The molecule has 0 saturated carbocycles. The Balaban J connectivity index is 1.71. The normalized spacial score (nSPS) is 11.1. The van der Waals surface area contributed by atoms with Gasteiger partial charge in [-0.3, -0.25) is 14.9 Å². The number of nitrogens with zero attached hydrogens (tertiary/aromatic N) is 6. The number of nitro benzene ring substituents is 1. The largest absolute Gasteiger partial charge is 0.494 e. The van der Waals surface area contributed by atoms with E-state index in [-0.39, 0.29) is 18.1 Å². The number of benzene rings is 2. The van der Waals surface area contributed by atoms with Crippen LogP contribution in [-0.2, 0) is 11.2 Å². The lowest BCUT2D eigenvalue weighted by molar-refractivity contribution is -0.384. The third kappa shape index (κ3) is 5.65. The standard InChI is InChI=1S/C26H29N7O5/c1-30(2)11-12-31(3)21-15-23(38-4)19(14-22(21)33(36)37)28-26-27-10-9-24(29-26)32-16-17(13-25(34)35)18-7-5-6-8-20(18)32/h5-10,14-16H,11-13H2,1-4H3,(H,34,35)(H,27,28,29). The van der Waals surface area contributed by atoms with E-state index in [1.807, 2.05) is 48.2 Å². The van der Waals surface area contributed by atoms with Gasteiger partial charge in [0, 0.05) is 50.0 Å². The Morgan fingerprint density at radius 1 is 1.18 bits per heavy atom. The molecule has 12 nitrogen and oxygen atoms in total. The molecule has 0 radical (unpaired) electrons. The van der Waals surface area contributed by atoms with Crippen molar-refractivity contribution in [1.82, 2.24) is 19.4 Å². The van der Waals surface area contributed by atoms with E-state index in [0.29, 0.717) is 35.1 Å². The van der Waals surface area contributed by atoms with E-state index in [2.05, 4.69) is 15.3 Å². The van der Waals surface area contributed by atoms with Gasteiger partial charge in [0.05, 0.1) is 29.7 Å². The fourth-order valence-electron chi connectivity index (χ4n) is 4.15. The highest BCUT2D eigenvalue weighted by Crippen LogP contribution is 2.39. The van der Waals surface area contributed by atoms with Gasteiger partial charge in [0.1, 0.15) is 17.3 Å². The van der Waals surface area contributed by atoms with Crippen LogP contribution in [0.2, 0.25) is 0 Å². The molecule has 2 aromatic carbocycles. The van der Waals surface area contributed by atoms with Crippen LogP contribution >= 0.6 is 0 Å². The lowest BCUT2D eigenvalue weighted by Gasteiger charge is -2.22. The van der Waals surface area contributed by atoms with Gasteiger partial charge in [-0.2, -0.15) is 4.98 Å². The molecule has 2 N–H and O–H groups in total. The van der Waals surface area contributed by atoms with Gasteiger partial charge in [0.2, 0.25) is 5.95 Å². The van der Waals surface area contributed by atoms with E-state index in [1.165, 1.54) is 13.2 Å². The average Bonchev–Trinajstić information content (AvgIpc) is 3.25. The van der Waals surface area contributed by atoms with Gasteiger partial charge in [0.25, 0.3) is 5.69 Å². The highest BCUT2D eigenvalue weighted by atomic mass is 16.6. The molecule has 12 heteroatoms. The van der Waals surface area contributed by atoms with Gasteiger partial charge in [-0.15, -0.1) is 0 Å². The SMILES string of the molecule is COc1cc(N(C)CCN(C)C)c([N+](=O)[O-])cc1Nc1nccc(-n2cc(CC(=O)O)c3ccccc32)n1. The minimum atomic E-state index is -0.928. The first kappa shape index (κ1) is 26.4. The Morgan fingerprint density at radius 2 is 1.95 bits per heavy atom. The molecule has 0 aliphatic rings. The average molecular weight is 520 g/mol. The monoisotopic (exact) mass is 519 g/mol. The minimum Gasteiger partial charge on any atom is -0.494 e. The number of rotatable bonds is 11. The molecular weight excluding hydrogens is 490 g/mol. The molecule has 4 aromatic rings. The zero-order valence-electron chi connectivity index (χ0n) is 21.6. The maximum Gasteiger partial charge on any atom is 0.307 e. The number of carbonyl (C=O) groups is 1. The summed E-state index contributed by atoms with van der Waals surface area (Å²) in [5.41, 5.74) is 2.14. The van der Waals surface area contributed by atoms with E-state index in [4.69, 9.17) is 4.74 Å². The predicted octanol–water partition coefficient (Wildman–Crippen LogP) is 3.71. The number of methoxy groups -OCH3 is 1. The van der Waals surface area contributed by atoms with E-state index in [9.17, 15) is 20.0 Å². The van der Waals surface area contributed by atoms with Gasteiger partial charge in [-0.25, -0.2) is 4.98 Å². The number of carboxylic acids is 1. The van der Waals surface area contributed by atoms with E-state index in [0.717, 1.165) is 17.4 Å². The van der Waals surface area contributed by atoms with Gasteiger partial charge in [-0.1, -0.05) is 18.2 Å². The molecule has 0 unspecified atom stereocenters. The summed E-state index contributed by atoms with van der Waals surface area (Å²) < 4.78 is 7.34. The van der Waals surface area contributed by atoms with Gasteiger partial charge < -0.3 is 29.5 Å². The van der Waals surface area contributed by atoms with Crippen molar-refractivity contribution in [3.8, 4) is 11.6 Å². The van der Waals surface area contributed by atoms with Crippen molar-refractivity contribution in [2.75, 3.05) is 51.6 Å². The molecule has 2 heterocycles. The first-order valence-electron chi connectivity index (χ1n) is 11.8. The van der Waals surface area contributed by atoms with Gasteiger partial charge >= 0.3 is 5.97 Å². The number of hydrogen-bond acceptors (Lipinski definition) is 9. The number of fused-ring (bicyclic) bond motifs is 1. The molecule has 0 atom stereocenters. The molecule has 0 saturated heterocycles. The van der Waals surface area contributed by atoms with Crippen molar-refractivity contribution in [2.45, 2.75) is 6.42 Å². The van der Waals surface area contributed by atoms with Crippen LogP contribution in [0, 0.1) is 10.1 Å². The maximum atomic E-state index is 11.9. The molecule has 38 heavy (non-hydrogen) atoms. The molecule has 0 fully saturated rings. The smallest absolute Gasteiger partial charge is 0.307 e. The molecule has 2 aromatic heterocycles. The van der Waals surface area contributed by atoms with Crippen molar-refractivity contribution in [1.29, 1.82) is 0 Å². The molecule has 4 rings (SSSR count). The third-order valence-electron chi connectivity index (χ3n) is 6.06. The number of nitro groups is 1. The number of aromatic nitrogens is 3. The summed E-state index contributed by atoms with van der Waals surface area (Å²) in [5.74, 6) is 0.166. The van der Waals surface area contributed by atoms with Crippen LogP contribution in [0.15, 0.2) is 54.9 Å². The van der Waals surface area contributed by atoms with Crippen LogP contribution < -0.4 is 15.0 Å². The van der Waals surface area contributed by atoms with Crippen LogP contribution in [0.4, 0.5) is 23.0 Å². The summed E-state index contributed by atoms with van der Waals surface area (Å²) >= 11 is 0. The van der Waals surface area contributed by atoms with Crippen molar-refractivity contribution >= 4 is 39.9 Å². The summed E-state index contributed by atoms with van der Waals surface area (Å²) in [6.07, 6.45) is 3.18. The number of nitrogens with one attached hydrogen (secondary N) is 1. The van der Waals surface area contributed by atoms with E-state index < -0.39 is 10.9 Å². The minimum absolute atomic E-state index is 0.0829. The van der Waals surface area contributed by atoms with Crippen LogP contribution in [-0.4, -0.2) is 76.8 Å². The van der Waals surface area contributed by atoms with Gasteiger partial charge in [0.15, 0.2) is 0 Å². The highest BCUT2D eigenvalue weighted by Gasteiger charge is 2.22. The molecule has 198 valence electrons. The zero-order valence-corrected chi connectivity index (χ0v) is 21.6. The molecule has 0 aliphatic carbocycles. The number of carboxylic acid groups (broad SMARTS) is 1. The number of para-hydroxylation sites is 1. The van der Waals surface area contributed by atoms with Crippen LogP contribution in [0.3, 0.4) is 0 Å². The molecule has 0 amide bonds. The summed E-state index contributed by atoms with van der Waals surface area (Å²) in [7, 11) is 7.16. The van der Waals surface area contributed by atoms with Crippen molar-refractivity contribution in [3.05, 3.63) is 70.5 Å². The van der Waals surface area contributed by atoms with Crippen LogP contribution in [0.1, 0.15) is 5.56 Å². The second kappa shape index (κ2) is 11.1. The molecule has 0 aliphatic heterocycles. The quantitative estimate of drug-likeness (QED) is 0.223. The van der Waals surface area contributed by atoms with E-state index in [1.54, 1.807) is 36.1 Å². The first-order chi connectivity index (χ1) is 18.2. The second-order valence-electron chi connectivity index (χ2n) is 9.00. The fourth-order valence-corrected chi connectivity index (χ4v) is 4.15. The Bertz CT molecular complexity index is 1480. The molecule has 0 spiro atoms. The third-order valence-corrected chi connectivity index (χ3v) is 6.06. The van der Waals surface area contributed by atoms with Gasteiger partial charge in [-0.05, 0) is 31.8 Å². The molecular formula is C26H29N7O5. The Labute approximate surface area is 219 Å². The van der Waals surface area contributed by atoms with Crippen LogP contribution in [0.5, 0.6) is 5.75 Å². The lowest BCUT2D eigenvalue weighted by atomic mass is 10.1. The van der Waals surface area contributed by atoms with Crippen LogP contribution in [0.25, 0.3) is 16.7 Å². The fraction of sp³-hybridized carbons (Fsp3) is 0.269. The zero-order chi connectivity index (χ0) is 27.4. The van der Waals surface area contributed by atoms with Crippen molar-refractivity contribution < 1.29 is 19.6 Å². The lowest BCUT2D eigenvalue weighted by Crippen LogP contribution is -2.28. The summed E-state index contributed by atoms with van der Waals surface area (Å²) in [4.78, 5) is 35.6. The Hall–Kier alpha value is -4.71. The van der Waals surface area contributed by atoms with Crippen molar-refractivity contribution in [3.63, 3.8) is 0 Å².